The van der Waals surface area contributed by atoms with Crippen molar-refractivity contribution in [2.45, 2.75) is 45.8 Å². The largest absolute Gasteiger partial charge is 0.466 e. The van der Waals surface area contributed by atoms with Crippen molar-refractivity contribution in [2.75, 3.05) is 27.8 Å². The molecular weight excluding hydrogens is 399 g/mol. The second-order valence-electron chi connectivity index (χ2n) is 5.60. The molecule has 0 bridgehead atoms. The Balaban J connectivity index is 5.40. The number of rotatable bonds is 10. The Morgan fingerprint density at radius 1 is 1.15 bits per heavy atom. The lowest BCUT2D eigenvalue weighted by Crippen LogP contribution is -2.31. The third-order valence-corrected chi connectivity index (χ3v) is 11.4. The molecule has 0 radical (unpaired) electrons. The molecule has 0 rings (SSSR count). The summed E-state index contributed by atoms with van der Waals surface area (Å²) in [5, 5.41) is -0.627. The van der Waals surface area contributed by atoms with Crippen molar-refractivity contribution in [2.24, 2.45) is 5.92 Å². The van der Waals surface area contributed by atoms with Gasteiger partial charge in [-0.05, 0) is 13.3 Å². The van der Waals surface area contributed by atoms with Gasteiger partial charge in [0.05, 0.1) is 31.6 Å². The summed E-state index contributed by atoms with van der Waals surface area (Å²) in [5.41, 5.74) is 0. The van der Waals surface area contributed by atoms with Crippen molar-refractivity contribution < 1.29 is 28.4 Å². The Kier molecular flexibility index (Phi) is 11.6. The summed E-state index contributed by atoms with van der Waals surface area (Å²) in [6.07, 6.45) is 0.615. The summed E-state index contributed by atoms with van der Waals surface area (Å²) in [4.78, 5) is 35.9. The van der Waals surface area contributed by atoms with Crippen LogP contribution in [0.15, 0.2) is 0 Å². The fourth-order valence-electron chi connectivity index (χ4n) is 1.73. The van der Waals surface area contributed by atoms with Crippen molar-refractivity contribution in [3.8, 4) is 0 Å². The number of hydrogen-bond donors (Lipinski definition) is 0. The Morgan fingerprint density at radius 2 is 1.73 bits per heavy atom. The van der Waals surface area contributed by atoms with E-state index in [1.54, 1.807) is 13.8 Å². The minimum Gasteiger partial charge on any atom is -0.466 e. The third kappa shape index (κ3) is 7.50. The smallest absolute Gasteiger partial charge is 0.382 e. The summed E-state index contributed by atoms with van der Waals surface area (Å²) in [6.45, 7) is 3.89. The molecule has 0 aromatic rings. The maximum atomic E-state index is 13.6. The summed E-state index contributed by atoms with van der Waals surface area (Å²) >= 11 is 1.77. The maximum Gasteiger partial charge on any atom is 0.382 e. The molecule has 0 aliphatic rings. The predicted molar refractivity (Wildman–Crippen MR) is 106 cm³/mol. The molecule has 3 unspecified atom stereocenters. The molecule has 0 spiro atoms. The van der Waals surface area contributed by atoms with E-state index in [1.807, 2.05) is 13.8 Å². The highest BCUT2D eigenvalue weighted by atomic mass is 32.7. The fourth-order valence-corrected chi connectivity index (χ4v) is 8.20. The van der Waals surface area contributed by atoms with Gasteiger partial charge < -0.3 is 9.47 Å². The van der Waals surface area contributed by atoms with Gasteiger partial charge in [-0.2, -0.15) is 4.08 Å². The fraction of sp³-hybridized carbons (Fsp3) is 0.800. The molecule has 0 N–H and O–H groups in total. The van der Waals surface area contributed by atoms with Crippen molar-refractivity contribution in [1.29, 1.82) is 0 Å². The van der Waals surface area contributed by atoms with Gasteiger partial charge in [-0.25, -0.2) is 4.79 Å². The van der Waals surface area contributed by atoms with E-state index in [0.717, 1.165) is 22.5 Å². The van der Waals surface area contributed by atoms with Gasteiger partial charge in [0.2, 0.25) is 5.91 Å². The van der Waals surface area contributed by atoms with E-state index < -0.39 is 29.7 Å². The van der Waals surface area contributed by atoms with Crippen molar-refractivity contribution in [1.82, 2.24) is 8.75 Å². The molecule has 152 valence electrons. The zero-order valence-electron chi connectivity index (χ0n) is 16.4. The predicted octanol–water partition coefficient (Wildman–Crippen LogP) is 4.02. The van der Waals surface area contributed by atoms with Gasteiger partial charge in [0.15, 0.2) is 0 Å². The molecule has 0 saturated carbocycles. The van der Waals surface area contributed by atoms with E-state index >= 15 is 0 Å². The van der Waals surface area contributed by atoms with Gasteiger partial charge in [-0.1, -0.05) is 32.2 Å². The zero-order valence-corrected chi connectivity index (χ0v) is 18.9. The topological polar surface area (TPSA) is 93.2 Å². The molecule has 0 heterocycles. The number of nitrogens with zero attached hydrogens (tertiary/aromatic N) is 2. The van der Waals surface area contributed by atoms with E-state index in [1.165, 1.54) is 25.3 Å². The molecule has 0 saturated heterocycles. The number of carbonyl (C=O) groups is 3. The number of amides is 1. The lowest BCUT2D eigenvalue weighted by Gasteiger charge is -2.34. The van der Waals surface area contributed by atoms with Crippen molar-refractivity contribution in [3.63, 3.8) is 0 Å². The number of ether oxygens (including phenoxy) is 2. The van der Waals surface area contributed by atoms with Crippen LogP contribution in [0.25, 0.3) is 0 Å². The average Bonchev–Trinajstić information content (AvgIpc) is 2.60. The SMILES string of the molecule is CCOC(=O)C(C)CC(=O)N(C)P(=O)(SC(C)CC)N(C)SC(=O)OC. The quantitative estimate of drug-likeness (QED) is 0.290. The van der Waals surface area contributed by atoms with Crippen LogP contribution in [0.5, 0.6) is 0 Å². The Hall–Kier alpha value is -0.700. The highest BCUT2D eigenvalue weighted by molar-refractivity contribution is 8.58. The van der Waals surface area contributed by atoms with Crippen LogP contribution >= 0.6 is 30.0 Å². The summed E-state index contributed by atoms with van der Waals surface area (Å²) < 4.78 is 25.5. The number of carbonyl (C=O) groups excluding carboxylic acids is 3. The first-order valence-electron chi connectivity index (χ1n) is 8.25. The molecule has 0 aliphatic carbocycles. The molecule has 0 aromatic heterocycles. The number of esters is 1. The van der Waals surface area contributed by atoms with Crippen LogP contribution < -0.4 is 0 Å². The van der Waals surface area contributed by atoms with E-state index in [0.29, 0.717) is 11.9 Å². The van der Waals surface area contributed by atoms with Gasteiger partial charge in [-0.15, -0.1) is 0 Å². The van der Waals surface area contributed by atoms with E-state index in [9.17, 15) is 18.9 Å². The first kappa shape index (κ1) is 25.3. The molecule has 0 aliphatic heterocycles. The van der Waals surface area contributed by atoms with E-state index in [4.69, 9.17) is 4.74 Å². The molecule has 11 heteroatoms. The molecule has 3 atom stereocenters. The summed E-state index contributed by atoms with van der Waals surface area (Å²) in [6, 6.07) is 0. The molecule has 8 nitrogen and oxygen atoms in total. The number of methoxy groups -OCH3 is 1. The Morgan fingerprint density at radius 3 is 2.19 bits per heavy atom. The van der Waals surface area contributed by atoms with Crippen LogP contribution in [0.3, 0.4) is 0 Å². The van der Waals surface area contributed by atoms with Crippen LogP contribution in [-0.2, 0) is 23.6 Å². The first-order chi connectivity index (χ1) is 12.0. The first-order valence-corrected chi connectivity index (χ1v) is 12.1. The molecule has 26 heavy (non-hydrogen) atoms. The van der Waals surface area contributed by atoms with Gasteiger partial charge >= 0.3 is 17.9 Å². The molecule has 0 aromatic carbocycles. The van der Waals surface area contributed by atoms with Gasteiger partial charge in [0.25, 0.3) is 0 Å². The molecule has 1 amide bonds. The summed E-state index contributed by atoms with van der Waals surface area (Å²) in [5.74, 6) is -1.58. The minimum absolute atomic E-state index is 0.000685. The second-order valence-corrected chi connectivity index (χ2v) is 12.2. The highest BCUT2D eigenvalue weighted by Crippen LogP contribution is 2.67. The van der Waals surface area contributed by atoms with Crippen LogP contribution in [0, 0.1) is 5.92 Å². The van der Waals surface area contributed by atoms with Gasteiger partial charge in [-0.3, -0.25) is 18.8 Å². The normalized spacial score (nSPS) is 15.7. The molecule has 0 fully saturated rings. The molecular formula is C15H29N2O6PS2. The average molecular weight is 429 g/mol. The monoisotopic (exact) mass is 428 g/mol. The lowest BCUT2D eigenvalue weighted by atomic mass is 10.1. The zero-order chi connectivity index (χ0) is 20.5. The third-order valence-electron chi connectivity index (χ3n) is 3.53. The lowest BCUT2D eigenvalue weighted by molar-refractivity contribution is -0.149. The van der Waals surface area contributed by atoms with E-state index in [-0.39, 0.29) is 18.3 Å². The van der Waals surface area contributed by atoms with Crippen LogP contribution in [0.2, 0.25) is 0 Å². The van der Waals surface area contributed by atoms with Gasteiger partial charge in [0.1, 0.15) is 0 Å². The van der Waals surface area contributed by atoms with Crippen molar-refractivity contribution >= 4 is 47.2 Å². The minimum atomic E-state index is -3.46. The van der Waals surface area contributed by atoms with Crippen LogP contribution in [0.1, 0.15) is 40.5 Å². The van der Waals surface area contributed by atoms with E-state index in [2.05, 4.69) is 4.74 Å². The number of hydrogen-bond acceptors (Lipinski definition) is 8. The van der Waals surface area contributed by atoms with Crippen LogP contribution in [0.4, 0.5) is 4.79 Å². The Bertz CT molecular complexity index is 548. The standard InChI is InChI=1S/C15H29N2O6PS2/c1-8-12(4)26-24(21,17(6)25-15(20)22-7)16(5)13(18)10-11(3)14(19)23-9-2/h11-12H,8-10H2,1-7H3. The highest BCUT2D eigenvalue weighted by Gasteiger charge is 2.40. The van der Waals surface area contributed by atoms with Crippen molar-refractivity contribution in [3.05, 3.63) is 0 Å². The second kappa shape index (κ2) is 11.9. The Labute approximate surface area is 164 Å². The van der Waals surface area contributed by atoms with Crippen LogP contribution in [-0.4, -0.2) is 59.0 Å². The van der Waals surface area contributed by atoms with Gasteiger partial charge in [0, 0.05) is 25.8 Å². The summed E-state index contributed by atoms with van der Waals surface area (Å²) in [7, 11) is 4.13. The maximum absolute atomic E-state index is 13.6.